The third-order valence-electron chi connectivity index (χ3n) is 5.23. The number of fused-ring (bicyclic) bond motifs is 2. The van der Waals surface area contributed by atoms with Crippen LogP contribution in [0.2, 0.25) is 0 Å². The fraction of sp³-hybridized carbons (Fsp3) is 0.471. The maximum absolute atomic E-state index is 12.4. The van der Waals surface area contributed by atoms with Crippen LogP contribution in [0.15, 0.2) is 17.5 Å². The third-order valence-corrected chi connectivity index (χ3v) is 7.32. The molecule has 2 aromatic rings. The largest absolute Gasteiger partial charge is 0.342 e. The standard InChI is InChI=1S/C17H17N3O2S2/c21-14-12-13(18-15(24-12)11-2-1-9-23-11)17(19-14)5-7-20(8-6-17)16(22)10-3-4-10/h1-2,9-10H,3-8H2,(H,19,21). The Bertz CT molecular complexity index is 815. The molecule has 2 aliphatic heterocycles. The van der Waals surface area contributed by atoms with Crippen LogP contribution in [0.3, 0.4) is 0 Å². The van der Waals surface area contributed by atoms with Crippen molar-refractivity contribution in [3.8, 4) is 9.88 Å². The fourth-order valence-electron chi connectivity index (χ4n) is 3.70. The lowest BCUT2D eigenvalue weighted by Crippen LogP contribution is -2.51. The van der Waals surface area contributed by atoms with Gasteiger partial charge < -0.3 is 10.2 Å². The van der Waals surface area contributed by atoms with Crippen LogP contribution in [-0.2, 0) is 10.3 Å². The van der Waals surface area contributed by atoms with Crippen LogP contribution in [-0.4, -0.2) is 34.8 Å². The quantitative estimate of drug-likeness (QED) is 0.897. The predicted molar refractivity (Wildman–Crippen MR) is 93.1 cm³/mol. The number of hydrogen-bond donors (Lipinski definition) is 1. The molecule has 3 aliphatic rings. The van der Waals surface area contributed by atoms with E-state index in [-0.39, 0.29) is 17.4 Å². The molecule has 5 nitrogen and oxygen atoms in total. The summed E-state index contributed by atoms with van der Waals surface area (Å²) in [5.74, 6) is 0.553. The second-order valence-electron chi connectivity index (χ2n) is 6.81. The number of thiazole rings is 1. The Kier molecular flexibility index (Phi) is 3.12. The van der Waals surface area contributed by atoms with Crippen molar-refractivity contribution in [2.24, 2.45) is 5.92 Å². The molecule has 4 heterocycles. The van der Waals surface area contributed by atoms with Crippen molar-refractivity contribution >= 4 is 34.5 Å². The zero-order chi connectivity index (χ0) is 16.3. The number of nitrogens with zero attached hydrogens (tertiary/aromatic N) is 2. The summed E-state index contributed by atoms with van der Waals surface area (Å²) in [5.41, 5.74) is 0.526. The summed E-state index contributed by atoms with van der Waals surface area (Å²) in [5, 5.41) is 6.12. The SMILES string of the molecule is O=C1NC2(CCN(C(=O)C3CC3)CC2)c2nc(-c3cccs3)sc21. The first-order valence-corrected chi connectivity index (χ1v) is 10.0. The summed E-state index contributed by atoms with van der Waals surface area (Å²) in [6.45, 7) is 1.42. The average molecular weight is 359 g/mol. The van der Waals surface area contributed by atoms with Gasteiger partial charge in [0.2, 0.25) is 5.91 Å². The molecule has 1 saturated heterocycles. The number of likely N-dealkylation sites (tertiary alicyclic amines) is 1. The van der Waals surface area contributed by atoms with Gasteiger partial charge in [-0.05, 0) is 37.1 Å². The van der Waals surface area contributed by atoms with Crippen LogP contribution in [0.25, 0.3) is 9.88 Å². The summed E-state index contributed by atoms with van der Waals surface area (Å²) in [6, 6.07) is 4.05. The van der Waals surface area contributed by atoms with Crippen molar-refractivity contribution in [2.75, 3.05) is 13.1 Å². The van der Waals surface area contributed by atoms with Gasteiger partial charge in [0, 0.05) is 19.0 Å². The number of thiophene rings is 1. The van der Waals surface area contributed by atoms with Gasteiger partial charge in [-0.1, -0.05) is 6.07 Å². The van der Waals surface area contributed by atoms with Gasteiger partial charge in [-0.25, -0.2) is 4.98 Å². The zero-order valence-corrected chi connectivity index (χ0v) is 14.7. The number of carbonyl (C=O) groups is 2. The lowest BCUT2D eigenvalue weighted by molar-refractivity contribution is -0.134. The molecule has 7 heteroatoms. The Morgan fingerprint density at radius 2 is 2.12 bits per heavy atom. The van der Waals surface area contributed by atoms with Crippen LogP contribution < -0.4 is 5.32 Å². The minimum atomic E-state index is -0.376. The molecular weight excluding hydrogens is 342 g/mol. The first-order valence-electron chi connectivity index (χ1n) is 8.33. The minimum Gasteiger partial charge on any atom is -0.342 e. The molecule has 2 amide bonds. The number of hydrogen-bond acceptors (Lipinski definition) is 5. The van der Waals surface area contributed by atoms with Gasteiger partial charge in [-0.3, -0.25) is 9.59 Å². The first-order chi connectivity index (χ1) is 11.7. The van der Waals surface area contributed by atoms with Gasteiger partial charge in [-0.2, -0.15) is 0 Å². The number of rotatable bonds is 2. The molecule has 1 spiro atoms. The van der Waals surface area contributed by atoms with Gasteiger partial charge >= 0.3 is 0 Å². The second kappa shape index (κ2) is 5.13. The van der Waals surface area contributed by atoms with E-state index in [9.17, 15) is 9.59 Å². The highest BCUT2D eigenvalue weighted by molar-refractivity contribution is 7.22. The highest BCUT2D eigenvalue weighted by Crippen LogP contribution is 2.44. The lowest BCUT2D eigenvalue weighted by atomic mass is 9.86. The van der Waals surface area contributed by atoms with Crippen LogP contribution in [0.4, 0.5) is 0 Å². The molecule has 0 radical (unpaired) electrons. The lowest BCUT2D eigenvalue weighted by Gasteiger charge is -2.39. The van der Waals surface area contributed by atoms with E-state index in [0.29, 0.717) is 19.0 Å². The monoisotopic (exact) mass is 359 g/mol. The first kappa shape index (κ1) is 14.6. The Morgan fingerprint density at radius 3 is 2.79 bits per heavy atom. The van der Waals surface area contributed by atoms with Crippen molar-refractivity contribution in [3.63, 3.8) is 0 Å². The fourth-order valence-corrected chi connectivity index (χ4v) is 5.55. The molecule has 24 heavy (non-hydrogen) atoms. The van der Waals surface area contributed by atoms with E-state index in [2.05, 4.69) is 5.32 Å². The average Bonchev–Trinajstić information content (AvgIpc) is 3.03. The second-order valence-corrected chi connectivity index (χ2v) is 8.76. The molecular formula is C17H17N3O2S2. The molecule has 2 fully saturated rings. The summed E-state index contributed by atoms with van der Waals surface area (Å²) in [7, 11) is 0. The Balaban J connectivity index is 1.43. The zero-order valence-electron chi connectivity index (χ0n) is 13.1. The Morgan fingerprint density at radius 1 is 1.33 bits per heavy atom. The van der Waals surface area contributed by atoms with E-state index in [0.717, 1.165) is 46.1 Å². The highest BCUT2D eigenvalue weighted by Gasteiger charge is 2.49. The number of amides is 2. The van der Waals surface area contributed by atoms with Crippen molar-refractivity contribution in [1.82, 2.24) is 15.2 Å². The minimum absolute atomic E-state index is 0.00715. The predicted octanol–water partition coefficient (Wildman–Crippen LogP) is 2.84. The van der Waals surface area contributed by atoms with Crippen molar-refractivity contribution < 1.29 is 9.59 Å². The molecule has 1 N–H and O–H groups in total. The van der Waals surface area contributed by atoms with Crippen LogP contribution in [0, 0.1) is 5.92 Å². The third kappa shape index (κ3) is 2.14. The molecule has 2 aromatic heterocycles. The van der Waals surface area contributed by atoms with Crippen LogP contribution in [0.1, 0.15) is 41.0 Å². The van der Waals surface area contributed by atoms with Crippen LogP contribution in [0.5, 0.6) is 0 Å². The number of carbonyl (C=O) groups excluding carboxylic acids is 2. The summed E-state index contributed by atoms with van der Waals surface area (Å²) >= 11 is 3.13. The normalized spacial score (nSPS) is 21.8. The van der Waals surface area contributed by atoms with Gasteiger partial charge in [0.15, 0.2) is 0 Å². The Labute approximate surface area is 147 Å². The molecule has 0 aromatic carbocycles. The molecule has 5 rings (SSSR count). The van der Waals surface area contributed by atoms with E-state index in [1.165, 1.54) is 11.3 Å². The summed E-state index contributed by atoms with van der Waals surface area (Å²) < 4.78 is 0. The molecule has 0 bridgehead atoms. The molecule has 1 aliphatic carbocycles. The maximum Gasteiger partial charge on any atom is 0.264 e. The maximum atomic E-state index is 12.4. The number of piperidine rings is 1. The summed E-state index contributed by atoms with van der Waals surface area (Å²) in [6.07, 6.45) is 3.60. The smallest absolute Gasteiger partial charge is 0.264 e. The van der Waals surface area contributed by atoms with Gasteiger partial charge in [0.05, 0.1) is 16.1 Å². The number of nitrogens with one attached hydrogen (secondary N) is 1. The highest BCUT2D eigenvalue weighted by atomic mass is 32.1. The van der Waals surface area contributed by atoms with Crippen molar-refractivity contribution in [1.29, 1.82) is 0 Å². The van der Waals surface area contributed by atoms with E-state index in [1.54, 1.807) is 11.3 Å². The van der Waals surface area contributed by atoms with E-state index in [1.807, 2.05) is 22.4 Å². The van der Waals surface area contributed by atoms with Crippen molar-refractivity contribution in [2.45, 2.75) is 31.2 Å². The van der Waals surface area contributed by atoms with Crippen molar-refractivity contribution in [3.05, 3.63) is 28.1 Å². The topological polar surface area (TPSA) is 62.3 Å². The summed E-state index contributed by atoms with van der Waals surface area (Å²) in [4.78, 5) is 33.3. The molecule has 124 valence electrons. The Hall–Kier alpha value is -1.73. The van der Waals surface area contributed by atoms with Gasteiger partial charge in [0.1, 0.15) is 9.88 Å². The van der Waals surface area contributed by atoms with Crippen LogP contribution >= 0.6 is 22.7 Å². The van der Waals surface area contributed by atoms with E-state index >= 15 is 0 Å². The number of aromatic nitrogens is 1. The van der Waals surface area contributed by atoms with E-state index in [4.69, 9.17) is 4.98 Å². The van der Waals surface area contributed by atoms with E-state index < -0.39 is 0 Å². The van der Waals surface area contributed by atoms with Gasteiger partial charge in [0.25, 0.3) is 5.91 Å². The van der Waals surface area contributed by atoms with Gasteiger partial charge in [-0.15, -0.1) is 22.7 Å². The molecule has 0 unspecified atom stereocenters. The molecule has 1 saturated carbocycles. The molecule has 0 atom stereocenters.